The topological polar surface area (TPSA) is 55.4 Å². The van der Waals surface area contributed by atoms with E-state index in [1.54, 1.807) is 6.08 Å². The van der Waals surface area contributed by atoms with Crippen molar-refractivity contribution in [3.05, 3.63) is 48.1 Å². The number of nitrogens with zero attached hydrogens (tertiary/aromatic N) is 5. The molecule has 23 heavy (non-hydrogen) atoms. The van der Waals surface area contributed by atoms with Gasteiger partial charge in [-0.1, -0.05) is 47.8 Å². The standard InChI is InChI=1S/C18H25N5/c1-8-12(4)19-13(9-2)17-14(10-3)23-16(20-21-17)11-15(22-23)18(5,6)7/h8,11H,1,4,9-10H2,2-3,5-7H3/b19-13+. The summed E-state index contributed by atoms with van der Waals surface area (Å²) in [6.07, 6.45) is 3.18. The summed E-state index contributed by atoms with van der Waals surface area (Å²) in [6, 6.07) is 2.00. The lowest BCUT2D eigenvalue weighted by Gasteiger charge is -2.14. The number of aryl methyl sites for hydroxylation is 1. The zero-order chi connectivity index (χ0) is 17.2. The SMILES string of the molecule is C=CC(=C)/N=C(\CC)c1nnc2cc(C(C)(C)C)nn2c1CC. The zero-order valence-electron chi connectivity index (χ0n) is 14.7. The minimum Gasteiger partial charge on any atom is -0.252 e. The molecule has 0 radical (unpaired) electrons. The third kappa shape index (κ3) is 3.38. The number of aliphatic imine (C=N–C) groups is 1. The number of rotatable bonds is 5. The Morgan fingerprint density at radius 3 is 2.52 bits per heavy atom. The summed E-state index contributed by atoms with van der Waals surface area (Å²) in [5.74, 6) is 0. The predicted octanol–water partition coefficient (Wildman–Crippen LogP) is 3.88. The van der Waals surface area contributed by atoms with Gasteiger partial charge in [0.15, 0.2) is 5.65 Å². The van der Waals surface area contributed by atoms with Crippen LogP contribution in [0.15, 0.2) is 36.0 Å². The van der Waals surface area contributed by atoms with Crippen molar-refractivity contribution in [3.63, 3.8) is 0 Å². The zero-order valence-corrected chi connectivity index (χ0v) is 14.7. The van der Waals surface area contributed by atoms with Crippen LogP contribution in [0.25, 0.3) is 5.65 Å². The first kappa shape index (κ1) is 17.1. The van der Waals surface area contributed by atoms with Crippen LogP contribution in [0.5, 0.6) is 0 Å². The van der Waals surface area contributed by atoms with E-state index in [4.69, 9.17) is 5.10 Å². The molecular weight excluding hydrogens is 286 g/mol. The molecule has 0 aliphatic carbocycles. The first-order valence-corrected chi connectivity index (χ1v) is 7.96. The van der Waals surface area contributed by atoms with Crippen molar-refractivity contribution in [2.24, 2.45) is 4.99 Å². The van der Waals surface area contributed by atoms with Gasteiger partial charge in [0.2, 0.25) is 0 Å². The average Bonchev–Trinajstić information content (AvgIpc) is 2.95. The highest BCUT2D eigenvalue weighted by atomic mass is 15.3. The van der Waals surface area contributed by atoms with E-state index in [1.807, 2.05) is 17.5 Å². The largest absolute Gasteiger partial charge is 0.252 e. The quantitative estimate of drug-likeness (QED) is 0.622. The lowest BCUT2D eigenvalue weighted by Crippen LogP contribution is -2.15. The van der Waals surface area contributed by atoms with Gasteiger partial charge in [-0.15, -0.1) is 10.2 Å². The molecule has 2 aromatic heterocycles. The van der Waals surface area contributed by atoms with Crippen LogP contribution < -0.4 is 0 Å². The van der Waals surface area contributed by atoms with Crippen LogP contribution >= 0.6 is 0 Å². The van der Waals surface area contributed by atoms with E-state index in [-0.39, 0.29) is 5.41 Å². The van der Waals surface area contributed by atoms with Gasteiger partial charge in [-0.3, -0.25) is 4.99 Å². The maximum atomic E-state index is 4.75. The normalized spacial score (nSPS) is 12.7. The van der Waals surface area contributed by atoms with Gasteiger partial charge in [0.1, 0.15) is 5.69 Å². The Morgan fingerprint density at radius 1 is 1.30 bits per heavy atom. The molecular formula is C18H25N5. The Labute approximate surface area is 137 Å². The van der Waals surface area contributed by atoms with Crippen molar-refractivity contribution in [3.8, 4) is 0 Å². The summed E-state index contributed by atoms with van der Waals surface area (Å²) < 4.78 is 1.89. The van der Waals surface area contributed by atoms with Crippen molar-refractivity contribution < 1.29 is 0 Å². The number of hydrogen-bond donors (Lipinski definition) is 0. The Morgan fingerprint density at radius 2 is 2.00 bits per heavy atom. The molecule has 0 amide bonds. The second-order valence-electron chi connectivity index (χ2n) is 6.51. The third-order valence-electron chi connectivity index (χ3n) is 3.70. The molecule has 0 atom stereocenters. The molecule has 0 saturated heterocycles. The molecule has 5 nitrogen and oxygen atoms in total. The molecule has 0 bridgehead atoms. The van der Waals surface area contributed by atoms with Gasteiger partial charge in [-0.05, 0) is 18.9 Å². The van der Waals surface area contributed by atoms with Crippen molar-refractivity contribution in [1.82, 2.24) is 19.8 Å². The summed E-state index contributed by atoms with van der Waals surface area (Å²) in [4.78, 5) is 4.52. The molecule has 2 heterocycles. The third-order valence-corrected chi connectivity index (χ3v) is 3.70. The highest BCUT2D eigenvalue weighted by Crippen LogP contribution is 2.23. The Kier molecular flexibility index (Phi) is 4.78. The van der Waals surface area contributed by atoms with Crippen molar-refractivity contribution >= 4 is 11.4 Å². The van der Waals surface area contributed by atoms with Crippen molar-refractivity contribution in [2.45, 2.75) is 52.9 Å². The molecule has 2 rings (SSSR count). The van der Waals surface area contributed by atoms with Crippen LogP contribution in [0.1, 0.15) is 58.1 Å². The smallest absolute Gasteiger partial charge is 0.177 e. The Bertz CT molecular complexity index is 775. The van der Waals surface area contributed by atoms with Crippen LogP contribution in [0.3, 0.4) is 0 Å². The minimum atomic E-state index is -0.0301. The van der Waals surface area contributed by atoms with Gasteiger partial charge in [-0.25, -0.2) is 4.52 Å². The lowest BCUT2D eigenvalue weighted by atomic mass is 9.93. The number of allylic oxidation sites excluding steroid dienone is 1. The number of hydrogen-bond acceptors (Lipinski definition) is 4. The average molecular weight is 311 g/mol. The van der Waals surface area contributed by atoms with Gasteiger partial charge in [0, 0.05) is 11.5 Å². The summed E-state index contributed by atoms with van der Waals surface area (Å²) in [7, 11) is 0. The molecule has 0 aromatic carbocycles. The molecule has 0 unspecified atom stereocenters. The second-order valence-corrected chi connectivity index (χ2v) is 6.51. The molecule has 0 spiro atoms. The lowest BCUT2D eigenvalue weighted by molar-refractivity contribution is 0.560. The molecule has 0 aliphatic heterocycles. The van der Waals surface area contributed by atoms with E-state index in [9.17, 15) is 0 Å². The van der Waals surface area contributed by atoms with Crippen molar-refractivity contribution in [1.29, 1.82) is 0 Å². The van der Waals surface area contributed by atoms with Crippen LogP contribution in [-0.2, 0) is 11.8 Å². The van der Waals surface area contributed by atoms with Gasteiger partial charge in [-0.2, -0.15) is 5.10 Å². The highest BCUT2D eigenvalue weighted by Gasteiger charge is 2.21. The molecule has 2 aromatic rings. The fraction of sp³-hybridized carbons (Fsp3) is 0.444. The Hall–Kier alpha value is -2.30. The highest BCUT2D eigenvalue weighted by molar-refractivity contribution is 6.00. The molecule has 0 fully saturated rings. The maximum Gasteiger partial charge on any atom is 0.177 e. The van der Waals surface area contributed by atoms with E-state index in [1.165, 1.54) is 0 Å². The van der Waals surface area contributed by atoms with Gasteiger partial charge in [0.25, 0.3) is 0 Å². The predicted molar refractivity (Wildman–Crippen MR) is 95.0 cm³/mol. The van der Waals surface area contributed by atoms with Crippen LogP contribution in [0.2, 0.25) is 0 Å². The molecule has 5 heteroatoms. The van der Waals surface area contributed by atoms with Gasteiger partial charge >= 0.3 is 0 Å². The number of aromatic nitrogens is 4. The van der Waals surface area contributed by atoms with Gasteiger partial charge in [0.05, 0.1) is 22.8 Å². The monoisotopic (exact) mass is 311 g/mol. The maximum absolute atomic E-state index is 4.75. The van der Waals surface area contributed by atoms with E-state index in [0.29, 0.717) is 5.70 Å². The summed E-state index contributed by atoms with van der Waals surface area (Å²) >= 11 is 0. The Balaban J connectivity index is 2.68. The fourth-order valence-corrected chi connectivity index (χ4v) is 2.33. The molecule has 0 N–H and O–H groups in total. The minimum absolute atomic E-state index is 0.0301. The molecule has 122 valence electrons. The van der Waals surface area contributed by atoms with Crippen LogP contribution in [0.4, 0.5) is 0 Å². The van der Waals surface area contributed by atoms with Crippen LogP contribution in [0, 0.1) is 0 Å². The second kappa shape index (κ2) is 6.44. The summed E-state index contributed by atoms with van der Waals surface area (Å²) in [5.41, 5.74) is 5.03. The molecule has 0 saturated carbocycles. The van der Waals surface area contributed by atoms with E-state index < -0.39 is 0 Å². The van der Waals surface area contributed by atoms with Crippen LogP contribution in [-0.4, -0.2) is 25.5 Å². The van der Waals surface area contributed by atoms with Crippen molar-refractivity contribution in [2.75, 3.05) is 0 Å². The van der Waals surface area contributed by atoms with Gasteiger partial charge < -0.3 is 0 Å². The number of fused-ring (bicyclic) bond motifs is 1. The summed E-state index contributed by atoms with van der Waals surface area (Å²) in [6.45, 7) is 18.1. The fourth-order valence-electron chi connectivity index (χ4n) is 2.33. The first-order valence-electron chi connectivity index (χ1n) is 7.96. The van der Waals surface area contributed by atoms with E-state index in [0.717, 1.165) is 41.3 Å². The summed E-state index contributed by atoms with van der Waals surface area (Å²) in [5, 5.41) is 13.5. The molecule has 0 aliphatic rings. The van der Waals surface area contributed by atoms with E-state index in [2.05, 4.69) is 56.0 Å². The first-order chi connectivity index (χ1) is 10.8. The van der Waals surface area contributed by atoms with E-state index >= 15 is 0 Å².